The molecule has 0 aliphatic heterocycles. The highest BCUT2D eigenvalue weighted by molar-refractivity contribution is 9.10. The highest BCUT2D eigenvalue weighted by Crippen LogP contribution is 2.27. The van der Waals surface area contributed by atoms with Crippen LogP contribution in [0.2, 0.25) is 0 Å². The van der Waals surface area contributed by atoms with Crippen LogP contribution in [-0.4, -0.2) is 44.9 Å². The number of methoxy groups -OCH3 is 2. The van der Waals surface area contributed by atoms with Gasteiger partial charge in [-0.25, -0.2) is 5.43 Å². The summed E-state index contributed by atoms with van der Waals surface area (Å²) in [6, 6.07) is 11.2. The van der Waals surface area contributed by atoms with Crippen molar-refractivity contribution >= 4 is 33.5 Å². The highest BCUT2D eigenvalue weighted by Gasteiger charge is 2.08. The fourth-order valence-electron chi connectivity index (χ4n) is 2.82. The lowest BCUT2D eigenvalue weighted by molar-refractivity contribution is -0.123. The van der Waals surface area contributed by atoms with Gasteiger partial charge in [0.15, 0.2) is 18.1 Å². The number of amides is 2. The molecule has 0 fully saturated rings. The summed E-state index contributed by atoms with van der Waals surface area (Å²) in [7, 11) is 3.17. The van der Waals surface area contributed by atoms with E-state index in [1.807, 2.05) is 37.3 Å². The standard InChI is InChI=1S/C23H28BrN3O5/c1-15-11-18(24)6-8-19(15)32-14-23(29)27-26-16(2)12-22(28)25-10-9-17-5-7-20(30-3)21(13-17)31-4/h5-8,11,13H,9-10,12,14H2,1-4H3,(H,25,28)(H,27,29)/b26-16+. The molecule has 0 aromatic heterocycles. The average molecular weight is 506 g/mol. The number of aryl methyl sites for hydroxylation is 1. The first-order valence-electron chi connectivity index (χ1n) is 10.0. The van der Waals surface area contributed by atoms with Gasteiger partial charge >= 0.3 is 0 Å². The molecule has 2 rings (SSSR count). The van der Waals surface area contributed by atoms with Crippen molar-refractivity contribution in [1.29, 1.82) is 0 Å². The molecule has 9 heteroatoms. The monoisotopic (exact) mass is 505 g/mol. The van der Waals surface area contributed by atoms with Crippen LogP contribution in [0, 0.1) is 6.92 Å². The minimum absolute atomic E-state index is 0.0822. The van der Waals surface area contributed by atoms with Crippen LogP contribution in [0.25, 0.3) is 0 Å². The van der Waals surface area contributed by atoms with Gasteiger partial charge in [-0.2, -0.15) is 5.10 Å². The Morgan fingerprint density at radius 1 is 1.00 bits per heavy atom. The molecule has 0 heterocycles. The molecular weight excluding hydrogens is 478 g/mol. The number of carbonyl (C=O) groups excluding carboxylic acids is 2. The first kappa shape index (κ1) is 25.2. The Hall–Kier alpha value is -3.07. The van der Waals surface area contributed by atoms with Crippen LogP contribution >= 0.6 is 15.9 Å². The molecule has 0 saturated heterocycles. The van der Waals surface area contributed by atoms with E-state index in [2.05, 4.69) is 31.8 Å². The predicted molar refractivity (Wildman–Crippen MR) is 127 cm³/mol. The molecule has 0 unspecified atom stereocenters. The molecule has 2 amide bonds. The molecule has 0 radical (unpaired) electrons. The highest BCUT2D eigenvalue weighted by atomic mass is 79.9. The van der Waals surface area contributed by atoms with Crippen LogP contribution in [0.5, 0.6) is 17.2 Å². The van der Waals surface area contributed by atoms with E-state index in [4.69, 9.17) is 14.2 Å². The summed E-state index contributed by atoms with van der Waals surface area (Å²) in [5, 5.41) is 6.80. The molecule has 0 bridgehead atoms. The van der Waals surface area contributed by atoms with Gasteiger partial charge in [0.25, 0.3) is 5.91 Å². The summed E-state index contributed by atoms with van der Waals surface area (Å²) in [5.74, 6) is 1.35. The maximum Gasteiger partial charge on any atom is 0.277 e. The van der Waals surface area contributed by atoms with E-state index in [0.717, 1.165) is 15.6 Å². The number of hydrazone groups is 1. The number of halogens is 1. The number of nitrogens with zero attached hydrogens (tertiary/aromatic N) is 1. The van der Waals surface area contributed by atoms with Crippen LogP contribution in [-0.2, 0) is 16.0 Å². The second-order valence-electron chi connectivity index (χ2n) is 7.05. The number of nitrogens with one attached hydrogen (secondary N) is 2. The fourth-order valence-corrected chi connectivity index (χ4v) is 3.30. The van der Waals surface area contributed by atoms with Crippen molar-refractivity contribution in [3.63, 3.8) is 0 Å². The molecule has 8 nitrogen and oxygen atoms in total. The maximum atomic E-state index is 12.1. The van der Waals surface area contributed by atoms with Crippen LogP contribution in [0.4, 0.5) is 0 Å². The van der Waals surface area contributed by atoms with Gasteiger partial charge in [-0.05, 0) is 61.7 Å². The minimum atomic E-state index is -0.402. The Morgan fingerprint density at radius 2 is 1.72 bits per heavy atom. The molecule has 172 valence electrons. The van der Waals surface area contributed by atoms with Crippen LogP contribution < -0.4 is 25.0 Å². The number of hydrogen-bond donors (Lipinski definition) is 2. The number of ether oxygens (including phenoxy) is 3. The smallest absolute Gasteiger partial charge is 0.277 e. The quantitative estimate of drug-likeness (QED) is 0.360. The van der Waals surface area contributed by atoms with E-state index in [1.54, 1.807) is 27.2 Å². The van der Waals surface area contributed by atoms with E-state index < -0.39 is 5.91 Å². The van der Waals surface area contributed by atoms with Gasteiger partial charge in [0.2, 0.25) is 5.91 Å². The number of rotatable bonds is 11. The van der Waals surface area contributed by atoms with E-state index in [9.17, 15) is 9.59 Å². The predicted octanol–water partition coefficient (Wildman–Crippen LogP) is 3.39. The zero-order valence-electron chi connectivity index (χ0n) is 18.7. The molecule has 0 atom stereocenters. The third-order valence-corrected chi connectivity index (χ3v) is 4.96. The van der Waals surface area contributed by atoms with E-state index in [1.165, 1.54) is 0 Å². The topological polar surface area (TPSA) is 98.2 Å². The molecule has 2 aromatic rings. The van der Waals surface area contributed by atoms with Crippen LogP contribution in [0.15, 0.2) is 46.0 Å². The van der Waals surface area contributed by atoms with Gasteiger partial charge in [-0.1, -0.05) is 22.0 Å². The number of hydrogen-bond acceptors (Lipinski definition) is 6. The van der Waals surface area contributed by atoms with E-state index >= 15 is 0 Å². The lowest BCUT2D eigenvalue weighted by atomic mass is 10.1. The van der Waals surface area contributed by atoms with Crippen molar-refractivity contribution in [3.05, 3.63) is 52.0 Å². The molecule has 0 aliphatic rings. The van der Waals surface area contributed by atoms with Gasteiger partial charge in [0.05, 0.1) is 20.6 Å². The van der Waals surface area contributed by atoms with Crippen molar-refractivity contribution in [2.45, 2.75) is 26.7 Å². The first-order valence-corrected chi connectivity index (χ1v) is 10.8. The summed E-state index contributed by atoms with van der Waals surface area (Å²) in [6.07, 6.45) is 0.727. The molecule has 0 spiro atoms. The lowest BCUT2D eigenvalue weighted by Gasteiger charge is -2.10. The number of benzene rings is 2. The third kappa shape index (κ3) is 8.22. The average Bonchev–Trinajstić information content (AvgIpc) is 2.76. The van der Waals surface area contributed by atoms with E-state index in [-0.39, 0.29) is 18.9 Å². The Morgan fingerprint density at radius 3 is 2.41 bits per heavy atom. The Bertz CT molecular complexity index is 978. The molecule has 0 saturated carbocycles. The molecular formula is C23H28BrN3O5. The second-order valence-corrected chi connectivity index (χ2v) is 7.96. The SMILES string of the molecule is COc1ccc(CCNC(=O)C/C(C)=N/NC(=O)COc2ccc(Br)cc2C)cc1OC. The van der Waals surface area contributed by atoms with Crippen molar-refractivity contribution in [3.8, 4) is 17.2 Å². The zero-order valence-corrected chi connectivity index (χ0v) is 20.2. The van der Waals surface area contributed by atoms with Crippen LogP contribution in [0.1, 0.15) is 24.5 Å². The second kappa shape index (κ2) is 12.7. The van der Waals surface area contributed by atoms with Crippen molar-refractivity contribution < 1.29 is 23.8 Å². The minimum Gasteiger partial charge on any atom is -0.493 e. The van der Waals surface area contributed by atoms with E-state index in [0.29, 0.717) is 35.9 Å². The van der Waals surface area contributed by atoms with Crippen LogP contribution in [0.3, 0.4) is 0 Å². The Labute approximate surface area is 196 Å². The summed E-state index contributed by atoms with van der Waals surface area (Å²) in [6.45, 7) is 3.86. The maximum absolute atomic E-state index is 12.1. The summed E-state index contributed by atoms with van der Waals surface area (Å²) in [4.78, 5) is 24.0. The van der Waals surface area contributed by atoms with Crippen molar-refractivity contribution in [2.75, 3.05) is 27.4 Å². The summed E-state index contributed by atoms with van der Waals surface area (Å²) in [5.41, 5.74) is 4.82. The Kier molecular flexibility index (Phi) is 10.0. The summed E-state index contributed by atoms with van der Waals surface area (Å²) < 4.78 is 16.9. The molecule has 2 aromatic carbocycles. The molecule has 0 aliphatic carbocycles. The zero-order chi connectivity index (χ0) is 23.5. The summed E-state index contributed by atoms with van der Waals surface area (Å²) >= 11 is 3.38. The van der Waals surface area contributed by atoms with Gasteiger partial charge in [0, 0.05) is 16.7 Å². The normalized spacial score (nSPS) is 11.0. The van der Waals surface area contributed by atoms with Crippen molar-refractivity contribution in [2.24, 2.45) is 5.10 Å². The van der Waals surface area contributed by atoms with Crippen molar-refractivity contribution in [1.82, 2.24) is 10.7 Å². The largest absolute Gasteiger partial charge is 0.493 e. The van der Waals surface area contributed by atoms with Gasteiger partial charge < -0.3 is 19.5 Å². The van der Waals surface area contributed by atoms with Gasteiger partial charge in [-0.3, -0.25) is 9.59 Å². The molecule has 32 heavy (non-hydrogen) atoms. The molecule has 2 N–H and O–H groups in total. The van der Waals surface area contributed by atoms with Gasteiger partial charge in [-0.15, -0.1) is 0 Å². The fraction of sp³-hybridized carbons (Fsp3) is 0.348. The van der Waals surface area contributed by atoms with Gasteiger partial charge in [0.1, 0.15) is 5.75 Å². The number of carbonyl (C=O) groups is 2. The lowest BCUT2D eigenvalue weighted by Crippen LogP contribution is -2.29. The first-order chi connectivity index (χ1) is 15.3. The Balaban J connectivity index is 1.71. The third-order valence-electron chi connectivity index (χ3n) is 4.47.